The second kappa shape index (κ2) is 5.31. The molecule has 0 bridgehead atoms. The van der Waals surface area contributed by atoms with E-state index in [4.69, 9.17) is 10.5 Å². The summed E-state index contributed by atoms with van der Waals surface area (Å²) in [5.74, 6) is 0.838. The molecule has 3 nitrogen and oxygen atoms in total. The standard InChI is InChI=1S/C17H16N2O/c1-20-15-7-6-13-8-9-19-17(16(13)10-15)14-4-2-12(11-18)3-5-14/h2-10H,11,18H2,1H3. The molecule has 0 saturated carbocycles. The van der Waals surface area contributed by atoms with E-state index in [1.54, 1.807) is 7.11 Å². The lowest BCUT2D eigenvalue weighted by Crippen LogP contribution is -1.95. The number of aromatic nitrogens is 1. The van der Waals surface area contributed by atoms with Crippen LogP contribution in [0.4, 0.5) is 0 Å². The van der Waals surface area contributed by atoms with E-state index in [2.05, 4.69) is 17.1 Å². The van der Waals surface area contributed by atoms with Crippen LogP contribution in [0.5, 0.6) is 5.75 Å². The van der Waals surface area contributed by atoms with Gasteiger partial charge in [0.15, 0.2) is 0 Å². The first kappa shape index (κ1) is 12.6. The van der Waals surface area contributed by atoms with E-state index in [-0.39, 0.29) is 0 Å². The van der Waals surface area contributed by atoms with Crippen molar-refractivity contribution < 1.29 is 4.74 Å². The minimum absolute atomic E-state index is 0.553. The molecule has 2 aromatic carbocycles. The summed E-state index contributed by atoms with van der Waals surface area (Å²) < 4.78 is 5.31. The molecule has 0 atom stereocenters. The fourth-order valence-corrected chi connectivity index (χ4v) is 2.30. The number of nitrogens with zero attached hydrogens (tertiary/aromatic N) is 1. The molecule has 0 spiro atoms. The number of fused-ring (bicyclic) bond motifs is 1. The molecule has 0 aliphatic carbocycles. The van der Waals surface area contributed by atoms with Crippen LogP contribution in [0.3, 0.4) is 0 Å². The molecule has 100 valence electrons. The lowest BCUT2D eigenvalue weighted by atomic mass is 10.0. The fourth-order valence-electron chi connectivity index (χ4n) is 2.30. The molecule has 3 heteroatoms. The first-order valence-electron chi connectivity index (χ1n) is 6.54. The Balaban J connectivity index is 2.18. The van der Waals surface area contributed by atoms with E-state index in [1.807, 2.05) is 42.6 Å². The number of ether oxygens (including phenoxy) is 1. The number of pyridine rings is 1. The number of benzene rings is 2. The topological polar surface area (TPSA) is 48.1 Å². The molecule has 1 heterocycles. The monoisotopic (exact) mass is 264 g/mol. The molecular weight excluding hydrogens is 248 g/mol. The maximum absolute atomic E-state index is 5.63. The minimum atomic E-state index is 0.553. The third kappa shape index (κ3) is 2.24. The predicted molar refractivity (Wildman–Crippen MR) is 81.6 cm³/mol. The number of hydrogen-bond acceptors (Lipinski definition) is 3. The smallest absolute Gasteiger partial charge is 0.119 e. The Morgan fingerprint density at radius 1 is 1.05 bits per heavy atom. The van der Waals surface area contributed by atoms with E-state index >= 15 is 0 Å². The molecule has 0 amide bonds. The fraction of sp³-hybridized carbons (Fsp3) is 0.118. The van der Waals surface area contributed by atoms with E-state index < -0.39 is 0 Å². The van der Waals surface area contributed by atoms with Gasteiger partial charge in [-0.25, -0.2) is 0 Å². The minimum Gasteiger partial charge on any atom is -0.497 e. The molecule has 0 fully saturated rings. The molecule has 0 aliphatic rings. The van der Waals surface area contributed by atoms with Crippen molar-refractivity contribution >= 4 is 10.8 Å². The first-order chi connectivity index (χ1) is 9.81. The van der Waals surface area contributed by atoms with Crippen LogP contribution < -0.4 is 10.5 Å². The van der Waals surface area contributed by atoms with Crippen molar-refractivity contribution in [3.05, 3.63) is 60.3 Å². The van der Waals surface area contributed by atoms with Gasteiger partial charge in [0, 0.05) is 23.7 Å². The molecule has 2 N–H and O–H groups in total. The zero-order valence-electron chi connectivity index (χ0n) is 11.3. The Kier molecular flexibility index (Phi) is 3.35. The lowest BCUT2D eigenvalue weighted by molar-refractivity contribution is 0.415. The van der Waals surface area contributed by atoms with Crippen molar-refractivity contribution in [3.63, 3.8) is 0 Å². The van der Waals surface area contributed by atoms with E-state index in [0.29, 0.717) is 6.54 Å². The second-order valence-corrected chi connectivity index (χ2v) is 4.65. The first-order valence-corrected chi connectivity index (χ1v) is 6.54. The summed E-state index contributed by atoms with van der Waals surface area (Å²) in [6.07, 6.45) is 1.83. The zero-order valence-corrected chi connectivity index (χ0v) is 11.3. The molecule has 0 saturated heterocycles. The van der Waals surface area contributed by atoms with E-state index in [0.717, 1.165) is 33.3 Å². The summed E-state index contributed by atoms with van der Waals surface area (Å²) in [6, 6.07) is 16.2. The van der Waals surface area contributed by atoms with Crippen LogP contribution in [-0.2, 0) is 6.54 Å². The average molecular weight is 264 g/mol. The summed E-state index contributed by atoms with van der Waals surface area (Å²) in [5.41, 5.74) is 8.80. The van der Waals surface area contributed by atoms with Gasteiger partial charge in [0.2, 0.25) is 0 Å². The summed E-state index contributed by atoms with van der Waals surface area (Å²) in [5, 5.41) is 2.24. The molecule has 0 radical (unpaired) electrons. The maximum Gasteiger partial charge on any atom is 0.119 e. The Morgan fingerprint density at radius 3 is 2.55 bits per heavy atom. The SMILES string of the molecule is COc1ccc2ccnc(-c3ccc(CN)cc3)c2c1. The molecule has 3 aromatic rings. The van der Waals surface area contributed by atoms with Gasteiger partial charge < -0.3 is 10.5 Å². The van der Waals surface area contributed by atoms with Gasteiger partial charge in [-0.1, -0.05) is 30.3 Å². The van der Waals surface area contributed by atoms with Crippen molar-refractivity contribution in [1.29, 1.82) is 0 Å². The highest BCUT2D eigenvalue weighted by Crippen LogP contribution is 2.29. The molecular formula is C17H16N2O. The van der Waals surface area contributed by atoms with Crippen molar-refractivity contribution in [2.75, 3.05) is 7.11 Å². The van der Waals surface area contributed by atoms with Gasteiger partial charge >= 0.3 is 0 Å². The molecule has 0 aliphatic heterocycles. The zero-order chi connectivity index (χ0) is 13.9. The van der Waals surface area contributed by atoms with Crippen LogP contribution in [0, 0.1) is 0 Å². The van der Waals surface area contributed by atoms with E-state index in [1.165, 1.54) is 0 Å². The largest absolute Gasteiger partial charge is 0.497 e. The summed E-state index contributed by atoms with van der Waals surface area (Å²) >= 11 is 0. The van der Waals surface area contributed by atoms with Gasteiger partial charge in [0.05, 0.1) is 12.8 Å². The van der Waals surface area contributed by atoms with Crippen molar-refractivity contribution in [3.8, 4) is 17.0 Å². The Morgan fingerprint density at radius 2 is 1.85 bits per heavy atom. The number of hydrogen-bond donors (Lipinski definition) is 1. The van der Waals surface area contributed by atoms with Crippen LogP contribution in [0.15, 0.2) is 54.7 Å². The molecule has 0 unspecified atom stereocenters. The van der Waals surface area contributed by atoms with Crippen LogP contribution in [-0.4, -0.2) is 12.1 Å². The van der Waals surface area contributed by atoms with Gasteiger partial charge in [-0.2, -0.15) is 0 Å². The predicted octanol–water partition coefficient (Wildman–Crippen LogP) is 3.37. The van der Waals surface area contributed by atoms with Crippen LogP contribution >= 0.6 is 0 Å². The van der Waals surface area contributed by atoms with Crippen molar-refractivity contribution in [2.24, 2.45) is 5.73 Å². The summed E-state index contributed by atoms with van der Waals surface area (Å²) in [7, 11) is 1.67. The summed E-state index contributed by atoms with van der Waals surface area (Å²) in [4.78, 5) is 4.52. The van der Waals surface area contributed by atoms with Gasteiger partial charge in [-0.05, 0) is 29.1 Å². The van der Waals surface area contributed by atoms with Crippen LogP contribution in [0.1, 0.15) is 5.56 Å². The van der Waals surface area contributed by atoms with Crippen molar-refractivity contribution in [2.45, 2.75) is 6.54 Å². The Labute approximate surface area is 118 Å². The Hall–Kier alpha value is -2.39. The van der Waals surface area contributed by atoms with Gasteiger partial charge in [0.25, 0.3) is 0 Å². The van der Waals surface area contributed by atoms with Gasteiger partial charge in [0.1, 0.15) is 5.75 Å². The summed E-state index contributed by atoms with van der Waals surface area (Å²) in [6.45, 7) is 0.553. The van der Waals surface area contributed by atoms with Gasteiger partial charge in [-0.15, -0.1) is 0 Å². The number of nitrogens with two attached hydrogens (primary N) is 1. The molecule has 20 heavy (non-hydrogen) atoms. The average Bonchev–Trinajstić information content (AvgIpc) is 2.54. The normalized spacial score (nSPS) is 10.7. The van der Waals surface area contributed by atoms with Crippen molar-refractivity contribution in [1.82, 2.24) is 4.98 Å². The Bertz CT molecular complexity index is 736. The van der Waals surface area contributed by atoms with E-state index in [9.17, 15) is 0 Å². The third-order valence-electron chi connectivity index (χ3n) is 3.44. The lowest BCUT2D eigenvalue weighted by Gasteiger charge is -2.08. The highest BCUT2D eigenvalue weighted by Gasteiger charge is 2.06. The third-order valence-corrected chi connectivity index (χ3v) is 3.44. The molecule has 1 aromatic heterocycles. The second-order valence-electron chi connectivity index (χ2n) is 4.65. The molecule has 3 rings (SSSR count). The van der Waals surface area contributed by atoms with Crippen LogP contribution in [0.2, 0.25) is 0 Å². The number of methoxy groups -OCH3 is 1. The quantitative estimate of drug-likeness (QED) is 0.789. The maximum atomic E-state index is 5.63. The highest BCUT2D eigenvalue weighted by molar-refractivity contribution is 5.95. The highest BCUT2D eigenvalue weighted by atomic mass is 16.5. The number of rotatable bonds is 3. The van der Waals surface area contributed by atoms with Gasteiger partial charge in [-0.3, -0.25) is 4.98 Å². The van der Waals surface area contributed by atoms with Crippen LogP contribution in [0.25, 0.3) is 22.0 Å².